The van der Waals surface area contributed by atoms with E-state index in [0.717, 1.165) is 24.2 Å². The molecule has 1 heterocycles. The van der Waals surface area contributed by atoms with Crippen LogP contribution in [-0.2, 0) is 4.74 Å². The quantitative estimate of drug-likeness (QED) is 0.894. The normalized spacial score (nSPS) is 23.5. The number of rotatable bonds is 5. The second-order valence-corrected chi connectivity index (χ2v) is 6.73. The lowest BCUT2D eigenvalue weighted by Gasteiger charge is -2.40. The number of hydrogen-bond donors (Lipinski definition) is 1. The fourth-order valence-corrected chi connectivity index (χ4v) is 3.49. The molecular weight excluding hydrogens is 316 g/mol. The molecule has 2 N–H and O–H groups in total. The maximum absolute atomic E-state index is 6.27. The molecule has 0 radical (unpaired) electrons. The predicted octanol–water partition coefficient (Wildman–Crippen LogP) is 3.20. The van der Waals surface area contributed by atoms with Crippen LogP contribution in [0.3, 0.4) is 0 Å². The molecule has 0 aliphatic carbocycles. The first-order chi connectivity index (χ1) is 9.61. The van der Waals surface area contributed by atoms with Gasteiger partial charge in [0.2, 0.25) is 0 Å². The van der Waals surface area contributed by atoms with Gasteiger partial charge in [0.25, 0.3) is 0 Å². The third-order valence-electron chi connectivity index (χ3n) is 4.06. The van der Waals surface area contributed by atoms with E-state index in [1.165, 1.54) is 18.4 Å². The van der Waals surface area contributed by atoms with Crippen LogP contribution in [0.2, 0.25) is 0 Å². The van der Waals surface area contributed by atoms with E-state index < -0.39 is 0 Å². The van der Waals surface area contributed by atoms with Crippen molar-refractivity contribution in [1.29, 1.82) is 0 Å². The standard InChI is InChI=1S/C16H25BrN2O/c1-12(18)16(14-5-7-15(17)8-6-14)19-9-3-4-13(10-19)11-20-2/h5-8,12-13,16H,3-4,9-11,18H2,1-2H3. The third-order valence-corrected chi connectivity index (χ3v) is 4.58. The van der Waals surface area contributed by atoms with Crippen molar-refractivity contribution in [1.82, 2.24) is 4.90 Å². The molecule has 2 rings (SSSR count). The molecule has 0 amide bonds. The number of benzene rings is 1. The lowest BCUT2D eigenvalue weighted by Crippen LogP contribution is -2.45. The maximum Gasteiger partial charge on any atom is 0.0502 e. The largest absolute Gasteiger partial charge is 0.384 e. The molecule has 1 aromatic carbocycles. The van der Waals surface area contributed by atoms with Gasteiger partial charge in [0.05, 0.1) is 6.61 Å². The van der Waals surface area contributed by atoms with Gasteiger partial charge in [-0.25, -0.2) is 0 Å². The predicted molar refractivity (Wildman–Crippen MR) is 86.7 cm³/mol. The molecule has 1 fully saturated rings. The van der Waals surface area contributed by atoms with Gasteiger partial charge in [-0.1, -0.05) is 28.1 Å². The topological polar surface area (TPSA) is 38.5 Å². The van der Waals surface area contributed by atoms with Crippen molar-refractivity contribution >= 4 is 15.9 Å². The summed E-state index contributed by atoms with van der Waals surface area (Å²) in [4.78, 5) is 2.53. The van der Waals surface area contributed by atoms with Gasteiger partial charge in [-0.15, -0.1) is 0 Å². The summed E-state index contributed by atoms with van der Waals surface area (Å²) in [6.45, 7) is 5.16. The number of nitrogens with zero attached hydrogens (tertiary/aromatic N) is 1. The van der Waals surface area contributed by atoms with Crippen LogP contribution in [0.15, 0.2) is 28.7 Å². The zero-order chi connectivity index (χ0) is 14.5. The highest BCUT2D eigenvalue weighted by molar-refractivity contribution is 9.10. The number of piperidine rings is 1. The van der Waals surface area contributed by atoms with E-state index in [9.17, 15) is 0 Å². The summed E-state index contributed by atoms with van der Waals surface area (Å²) in [5.74, 6) is 0.630. The van der Waals surface area contributed by atoms with E-state index in [2.05, 4.69) is 52.0 Å². The first-order valence-corrected chi connectivity index (χ1v) is 8.15. The van der Waals surface area contributed by atoms with Crippen LogP contribution in [0.25, 0.3) is 0 Å². The highest BCUT2D eigenvalue weighted by atomic mass is 79.9. The average Bonchev–Trinajstić information content (AvgIpc) is 2.42. The molecule has 4 heteroatoms. The molecule has 1 aliphatic rings. The number of hydrogen-bond acceptors (Lipinski definition) is 3. The maximum atomic E-state index is 6.27. The van der Waals surface area contributed by atoms with Crippen molar-refractivity contribution in [3.63, 3.8) is 0 Å². The number of methoxy groups -OCH3 is 1. The van der Waals surface area contributed by atoms with Crippen LogP contribution in [-0.4, -0.2) is 37.7 Å². The number of likely N-dealkylation sites (tertiary alicyclic amines) is 1. The van der Waals surface area contributed by atoms with Crippen molar-refractivity contribution in [3.05, 3.63) is 34.3 Å². The number of halogens is 1. The smallest absolute Gasteiger partial charge is 0.0502 e. The van der Waals surface area contributed by atoms with Gasteiger partial charge in [0, 0.05) is 30.2 Å². The molecule has 112 valence electrons. The molecule has 0 saturated carbocycles. The van der Waals surface area contributed by atoms with Crippen LogP contribution < -0.4 is 5.73 Å². The van der Waals surface area contributed by atoms with E-state index in [4.69, 9.17) is 10.5 Å². The van der Waals surface area contributed by atoms with Crippen molar-refractivity contribution in [2.75, 3.05) is 26.8 Å². The Bertz CT molecular complexity index is 405. The van der Waals surface area contributed by atoms with Gasteiger partial charge in [0.1, 0.15) is 0 Å². The molecule has 3 nitrogen and oxygen atoms in total. The van der Waals surface area contributed by atoms with Crippen LogP contribution in [0.4, 0.5) is 0 Å². The van der Waals surface area contributed by atoms with Gasteiger partial charge in [-0.2, -0.15) is 0 Å². The van der Waals surface area contributed by atoms with E-state index in [1.54, 1.807) is 7.11 Å². The van der Waals surface area contributed by atoms with E-state index in [1.807, 2.05) is 0 Å². The Morgan fingerprint density at radius 2 is 2.10 bits per heavy atom. The summed E-state index contributed by atoms with van der Waals surface area (Å²) in [6.07, 6.45) is 2.49. The Balaban J connectivity index is 2.13. The summed E-state index contributed by atoms with van der Waals surface area (Å²) in [5.41, 5.74) is 7.58. The van der Waals surface area contributed by atoms with Gasteiger partial charge in [-0.3, -0.25) is 4.90 Å². The Morgan fingerprint density at radius 1 is 1.40 bits per heavy atom. The van der Waals surface area contributed by atoms with Gasteiger partial charge in [-0.05, 0) is 49.9 Å². The zero-order valence-corrected chi connectivity index (χ0v) is 14.0. The first kappa shape index (κ1) is 16.0. The van der Waals surface area contributed by atoms with E-state index in [0.29, 0.717) is 12.0 Å². The fraction of sp³-hybridized carbons (Fsp3) is 0.625. The van der Waals surface area contributed by atoms with Gasteiger partial charge in [0.15, 0.2) is 0 Å². The summed E-state index contributed by atoms with van der Waals surface area (Å²) in [7, 11) is 1.79. The van der Waals surface area contributed by atoms with E-state index >= 15 is 0 Å². The Kier molecular flexibility index (Phi) is 6.02. The van der Waals surface area contributed by atoms with Gasteiger partial charge < -0.3 is 10.5 Å². The molecule has 0 spiro atoms. The minimum Gasteiger partial charge on any atom is -0.384 e. The zero-order valence-electron chi connectivity index (χ0n) is 12.4. The van der Waals surface area contributed by atoms with Crippen LogP contribution >= 0.6 is 15.9 Å². The fourth-order valence-electron chi connectivity index (χ4n) is 3.23. The minimum absolute atomic E-state index is 0.123. The van der Waals surface area contributed by atoms with Crippen molar-refractivity contribution < 1.29 is 4.74 Å². The SMILES string of the molecule is COCC1CCCN(C(c2ccc(Br)cc2)C(C)N)C1. The Hall–Kier alpha value is -0.420. The molecule has 1 aromatic rings. The lowest BCUT2D eigenvalue weighted by molar-refractivity contribution is 0.0618. The first-order valence-electron chi connectivity index (χ1n) is 7.36. The second kappa shape index (κ2) is 7.55. The van der Waals surface area contributed by atoms with Gasteiger partial charge >= 0.3 is 0 Å². The molecule has 1 saturated heterocycles. The summed E-state index contributed by atoms with van der Waals surface area (Å²) in [6, 6.07) is 8.97. The molecule has 20 heavy (non-hydrogen) atoms. The number of nitrogens with two attached hydrogens (primary N) is 1. The second-order valence-electron chi connectivity index (χ2n) is 5.81. The van der Waals surface area contributed by atoms with Crippen molar-refractivity contribution in [3.8, 4) is 0 Å². The number of ether oxygens (including phenoxy) is 1. The molecule has 3 atom stereocenters. The summed E-state index contributed by atoms with van der Waals surface area (Å²) < 4.78 is 6.44. The molecule has 0 bridgehead atoms. The molecular formula is C16H25BrN2O. The van der Waals surface area contributed by atoms with Crippen molar-refractivity contribution in [2.24, 2.45) is 11.7 Å². The molecule has 1 aliphatic heterocycles. The van der Waals surface area contributed by atoms with Crippen LogP contribution in [0, 0.1) is 5.92 Å². The molecule has 3 unspecified atom stereocenters. The van der Waals surface area contributed by atoms with Crippen molar-refractivity contribution in [2.45, 2.75) is 31.8 Å². The monoisotopic (exact) mass is 340 g/mol. The van der Waals surface area contributed by atoms with Crippen LogP contribution in [0.5, 0.6) is 0 Å². The highest BCUT2D eigenvalue weighted by Crippen LogP contribution is 2.29. The Labute approximate surface area is 130 Å². The Morgan fingerprint density at radius 3 is 2.70 bits per heavy atom. The highest BCUT2D eigenvalue weighted by Gasteiger charge is 2.29. The summed E-state index contributed by atoms with van der Waals surface area (Å²) in [5, 5.41) is 0. The molecule has 0 aromatic heterocycles. The lowest BCUT2D eigenvalue weighted by atomic mass is 9.92. The van der Waals surface area contributed by atoms with Crippen LogP contribution in [0.1, 0.15) is 31.4 Å². The summed E-state index contributed by atoms with van der Waals surface area (Å²) >= 11 is 3.50. The third kappa shape index (κ3) is 4.04. The minimum atomic E-state index is 0.123. The van der Waals surface area contributed by atoms with E-state index in [-0.39, 0.29) is 6.04 Å². The average molecular weight is 341 g/mol.